The Labute approximate surface area is 162 Å². The summed E-state index contributed by atoms with van der Waals surface area (Å²) in [5.41, 5.74) is 1.43. The van der Waals surface area contributed by atoms with Gasteiger partial charge in [-0.2, -0.15) is 0 Å². The van der Waals surface area contributed by atoms with Crippen LogP contribution in [-0.4, -0.2) is 63.2 Å². The first-order chi connectivity index (χ1) is 13.6. The van der Waals surface area contributed by atoms with Crippen molar-refractivity contribution in [2.75, 3.05) is 33.2 Å². The zero-order valence-corrected chi connectivity index (χ0v) is 15.7. The van der Waals surface area contributed by atoms with E-state index < -0.39 is 0 Å². The van der Waals surface area contributed by atoms with Crippen LogP contribution in [0.5, 0.6) is 0 Å². The minimum absolute atomic E-state index is 0.275. The molecule has 2 heterocycles. The van der Waals surface area contributed by atoms with Crippen molar-refractivity contribution >= 4 is 0 Å². The fourth-order valence-corrected chi connectivity index (χ4v) is 3.56. The molecule has 0 aliphatic carbocycles. The highest BCUT2D eigenvalue weighted by molar-refractivity contribution is 5.27. The Kier molecular flexibility index (Phi) is 5.40. The Bertz CT molecular complexity index is 918. The molecule has 1 aliphatic rings. The zero-order valence-electron chi connectivity index (χ0n) is 15.7. The SMILES string of the molecule is CN1CCN([C@@H](c2ccccc2F)c2nnnn2Cc2ccc(F)cc2)CC1. The first-order valence-electron chi connectivity index (χ1n) is 9.29. The fraction of sp³-hybridized carbons (Fsp3) is 0.350. The maximum absolute atomic E-state index is 14.7. The van der Waals surface area contributed by atoms with Gasteiger partial charge in [0.05, 0.1) is 6.54 Å². The molecule has 0 N–H and O–H groups in total. The third-order valence-electron chi connectivity index (χ3n) is 5.15. The zero-order chi connectivity index (χ0) is 19.5. The van der Waals surface area contributed by atoms with E-state index in [-0.39, 0.29) is 17.7 Å². The van der Waals surface area contributed by atoms with Crippen LogP contribution in [0, 0.1) is 11.6 Å². The monoisotopic (exact) mass is 384 g/mol. The topological polar surface area (TPSA) is 50.1 Å². The molecule has 2 aromatic carbocycles. The predicted octanol–water partition coefficient (Wildman–Crippen LogP) is 2.34. The highest BCUT2D eigenvalue weighted by atomic mass is 19.1. The van der Waals surface area contributed by atoms with Crippen molar-refractivity contribution in [2.45, 2.75) is 12.6 Å². The van der Waals surface area contributed by atoms with Gasteiger partial charge in [-0.25, -0.2) is 13.5 Å². The predicted molar refractivity (Wildman–Crippen MR) is 101 cm³/mol. The van der Waals surface area contributed by atoms with Gasteiger partial charge >= 0.3 is 0 Å². The number of aromatic nitrogens is 4. The average molecular weight is 384 g/mol. The molecule has 0 amide bonds. The molecule has 0 bridgehead atoms. The summed E-state index contributed by atoms with van der Waals surface area (Å²) in [4.78, 5) is 4.46. The molecule has 0 unspecified atom stereocenters. The molecule has 28 heavy (non-hydrogen) atoms. The number of benzene rings is 2. The Hall–Kier alpha value is -2.71. The molecule has 0 saturated carbocycles. The smallest absolute Gasteiger partial charge is 0.173 e. The molecule has 1 atom stereocenters. The lowest BCUT2D eigenvalue weighted by Crippen LogP contribution is -2.47. The number of likely N-dealkylation sites (N-methyl/N-ethyl adjacent to an activating group) is 1. The van der Waals surface area contributed by atoms with Gasteiger partial charge < -0.3 is 4.90 Å². The van der Waals surface area contributed by atoms with Gasteiger partial charge in [-0.05, 0) is 41.2 Å². The van der Waals surface area contributed by atoms with Crippen molar-refractivity contribution in [3.63, 3.8) is 0 Å². The second-order valence-electron chi connectivity index (χ2n) is 7.08. The van der Waals surface area contributed by atoms with Crippen LogP contribution < -0.4 is 0 Å². The van der Waals surface area contributed by atoms with Gasteiger partial charge in [0.2, 0.25) is 0 Å². The van der Waals surface area contributed by atoms with Gasteiger partial charge in [-0.1, -0.05) is 30.3 Å². The quantitative estimate of drug-likeness (QED) is 0.676. The summed E-state index contributed by atoms with van der Waals surface area (Å²) in [6, 6.07) is 12.6. The van der Waals surface area contributed by atoms with Crippen molar-refractivity contribution in [1.82, 2.24) is 30.0 Å². The third-order valence-corrected chi connectivity index (χ3v) is 5.15. The van der Waals surface area contributed by atoms with E-state index in [2.05, 4.69) is 32.4 Å². The minimum atomic E-state index is -0.384. The van der Waals surface area contributed by atoms with E-state index in [0.717, 1.165) is 31.7 Å². The van der Waals surface area contributed by atoms with E-state index in [9.17, 15) is 8.78 Å². The van der Waals surface area contributed by atoms with Gasteiger partial charge in [0.15, 0.2) is 5.82 Å². The number of hydrogen-bond acceptors (Lipinski definition) is 5. The van der Waals surface area contributed by atoms with E-state index in [1.165, 1.54) is 18.2 Å². The number of hydrogen-bond donors (Lipinski definition) is 0. The third kappa shape index (κ3) is 3.93. The van der Waals surface area contributed by atoms with Gasteiger partial charge in [0.1, 0.15) is 17.7 Å². The summed E-state index contributed by atoms with van der Waals surface area (Å²) >= 11 is 0. The summed E-state index contributed by atoms with van der Waals surface area (Å²) in [5, 5.41) is 12.2. The second-order valence-corrected chi connectivity index (χ2v) is 7.08. The first kappa shape index (κ1) is 18.6. The van der Waals surface area contributed by atoms with Crippen molar-refractivity contribution in [1.29, 1.82) is 0 Å². The van der Waals surface area contributed by atoms with Crippen molar-refractivity contribution in [2.24, 2.45) is 0 Å². The Morgan fingerprint density at radius 2 is 1.68 bits per heavy atom. The van der Waals surface area contributed by atoms with Gasteiger partial charge in [0, 0.05) is 31.7 Å². The van der Waals surface area contributed by atoms with Crippen LogP contribution in [-0.2, 0) is 6.54 Å². The molecule has 8 heteroatoms. The number of rotatable bonds is 5. The van der Waals surface area contributed by atoms with Gasteiger partial charge in [-0.3, -0.25) is 4.90 Å². The highest BCUT2D eigenvalue weighted by Gasteiger charge is 2.31. The second kappa shape index (κ2) is 8.12. The molecular formula is C20H22F2N6. The van der Waals surface area contributed by atoms with Gasteiger partial charge in [0.25, 0.3) is 0 Å². The molecular weight excluding hydrogens is 362 g/mol. The number of tetrazole rings is 1. The lowest BCUT2D eigenvalue weighted by atomic mass is 10.0. The molecule has 6 nitrogen and oxygen atoms in total. The molecule has 3 aromatic rings. The van der Waals surface area contributed by atoms with Crippen LogP contribution in [0.1, 0.15) is 23.0 Å². The lowest BCUT2D eigenvalue weighted by Gasteiger charge is -2.37. The molecule has 0 spiro atoms. The number of nitrogens with zero attached hydrogens (tertiary/aromatic N) is 6. The molecule has 4 rings (SSSR count). The number of piperazine rings is 1. The summed E-state index contributed by atoms with van der Waals surface area (Å²) in [6.45, 7) is 3.76. The fourth-order valence-electron chi connectivity index (χ4n) is 3.56. The van der Waals surface area contributed by atoms with E-state index >= 15 is 0 Å². The Morgan fingerprint density at radius 1 is 0.964 bits per heavy atom. The maximum Gasteiger partial charge on any atom is 0.173 e. The summed E-state index contributed by atoms with van der Waals surface area (Å²) in [6.07, 6.45) is 0. The van der Waals surface area contributed by atoms with E-state index in [1.807, 2.05) is 6.07 Å². The summed E-state index contributed by atoms with van der Waals surface area (Å²) < 4.78 is 29.6. The van der Waals surface area contributed by atoms with Crippen molar-refractivity contribution < 1.29 is 8.78 Å². The van der Waals surface area contributed by atoms with Crippen LogP contribution in [0.15, 0.2) is 48.5 Å². The molecule has 1 aromatic heterocycles. The van der Waals surface area contributed by atoms with Crippen molar-refractivity contribution in [3.8, 4) is 0 Å². The van der Waals surface area contributed by atoms with Crippen LogP contribution in [0.3, 0.4) is 0 Å². The Balaban J connectivity index is 1.70. The van der Waals surface area contributed by atoms with E-state index in [0.29, 0.717) is 17.9 Å². The summed E-state index contributed by atoms with van der Waals surface area (Å²) in [7, 11) is 2.08. The first-order valence-corrected chi connectivity index (χ1v) is 9.29. The Morgan fingerprint density at radius 3 is 2.39 bits per heavy atom. The normalized spacial score (nSPS) is 17.0. The highest BCUT2D eigenvalue weighted by Crippen LogP contribution is 2.30. The molecule has 1 saturated heterocycles. The maximum atomic E-state index is 14.7. The van der Waals surface area contributed by atoms with Crippen molar-refractivity contribution in [3.05, 3.63) is 77.1 Å². The largest absolute Gasteiger partial charge is 0.304 e. The average Bonchev–Trinajstić information content (AvgIpc) is 3.14. The van der Waals surface area contributed by atoms with Crippen LogP contribution in [0.2, 0.25) is 0 Å². The molecule has 146 valence electrons. The van der Waals surface area contributed by atoms with Crippen LogP contribution >= 0.6 is 0 Å². The lowest BCUT2D eigenvalue weighted by molar-refractivity contribution is 0.120. The van der Waals surface area contributed by atoms with Crippen LogP contribution in [0.25, 0.3) is 0 Å². The minimum Gasteiger partial charge on any atom is -0.304 e. The standard InChI is InChI=1S/C20H22F2N6/c1-26-10-12-27(13-11-26)19(17-4-2-3-5-18(17)22)20-23-24-25-28(20)14-15-6-8-16(21)9-7-15/h2-9,19H,10-14H2,1H3/t19-/m0/s1. The van der Waals surface area contributed by atoms with Crippen LogP contribution in [0.4, 0.5) is 8.78 Å². The molecule has 1 aliphatic heterocycles. The molecule has 1 fully saturated rings. The summed E-state index contributed by atoms with van der Waals surface area (Å²) in [5.74, 6) is 0.0177. The van der Waals surface area contributed by atoms with E-state index in [4.69, 9.17) is 0 Å². The molecule has 0 radical (unpaired) electrons. The number of halogens is 2. The van der Waals surface area contributed by atoms with E-state index in [1.54, 1.807) is 28.9 Å². The van der Waals surface area contributed by atoms with Gasteiger partial charge in [-0.15, -0.1) is 5.10 Å².